The van der Waals surface area contributed by atoms with Crippen molar-refractivity contribution in [3.8, 4) is 0 Å². The van der Waals surface area contributed by atoms with Crippen LogP contribution in [-0.4, -0.2) is 84.8 Å². The van der Waals surface area contributed by atoms with Gasteiger partial charge in [-0.1, -0.05) is 0 Å². The van der Waals surface area contributed by atoms with E-state index in [1.165, 1.54) is 11.8 Å². The van der Waals surface area contributed by atoms with E-state index in [1.807, 2.05) is 40.3 Å². The van der Waals surface area contributed by atoms with Gasteiger partial charge >= 0.3 is 0 Å². The molecule has 1 unspecified atom stereocenters. The van der Waals surface area contributed by atoms with Crippen LogP contribution in [0.15, 0.2) is 23.5 Å². The zero-order valence-corrected chi connectivity index (χ0v) is 18.4. The average Bonchev–Trinajstić information content (AvgIpc) is 3.25. The summed E-state index contributed by atoms with van der Waals surface area (Å²) in [4.78, 5) is 32.3. The molecule has 1 saturated heterocycles. The molecule has 29 heavy (non-hydrogen) atoms. The summed E-state index contributed by atoms with van der Waals surface area (Å²) in [5, 5.41) is 8.15. The van der Waals surface area contributed by atoms with Crippen molar-refractivity contribution in [2.45, 2.75) is 19.3 Å². The minimum atomic E-state index is -0.311. The van der Waals surface area contributed by atoms with Crippen molar-refractivity contribution in [3.05, 3.63) is 23.5 Å². The van der Waals surface area contributed by atoms with E-state index in [0.29, 0.717) is 6.54 Å². The topological polar surface area (TPSA) is 95.7 Å². The van der Waals surface area contributed by atoms with Gasteiger partial charge in [0.05, 0.1) is 17.1 Å². The third-order valence-corrected chi connectivity index (χ3v) is 6.21. The lowest BCUT2D eigenvalue weighted by molar-refractivity contribution is -0.127. The minimum Gasteiger partial charge on any atom is -0.366 e. The van der Waals surface area contributed by atoms with E-state index >= 15 is 0 Å². The number of amides is 2. The molecule has 0 aliphatic carbocycles. The molecule has 10 heteroatoms. The number of piperazine rings is 1. The second-order valence-corrected chi connectivity index (χ2v) is 8.63. The van der Waals surface area contributed by atoms with Crippen molar-refractivity contribution in [1.82, 2.24) is 25.6 Å². The lowest BCUT2D eigenvalue weighted by Gasteiger charge is -2.31. The molecule has 0 aromatic carbocycles. The van der Waals surface area contributed by atoms with E-state index in [4.69, 9.17) is 0 Å². The Kier molecular flexibility index (Phi) is 7.23. The van der Waals surface area contributed by atoms with Gasteiger partial charge in [-0.25, -0.2) is 10.4 Å². The Balaban J connectivity index is 1.58. The van der Waals surface area contributed by atoms with Crippen molar-refractivity contribution in [1.29, 1.82) is 0 Å². The van der Waals surface area contributed by atoms with Gasteiger partial charge in [0, 0.05) is 64.8 Å². The zero-order chi connectivity index (χ0) is 21.0. The standard InChI is InChI=1S/C19H31N7O2S/c1-13-11-26(18(28)14(13)2)19(23-24(3)4)29-12-17(27)22-15-9-21-10-16(15)25-7-5-20-6-8-25/h9-10,19-21,23H,5-8,11-12H2,1-4H3,(H,22,27). The smallest absolute Gasteiger partial charge is 0.251 e. The lowest BCUT2D eigenvalue weighted by atomic mass is 10.2. The van der Waals surface area contributed by atoms with E-state index in [2.05, 4.69) is 25.9 Å². The molecular formula is C19H31N7O2S. The van der Waals surface area contributed by atoms with Crippen molar-refractivity contribution in [2.75, 3.05) is 62.8 Å². The van der Waals surface area contributed by atoms with Crippen LogP contribution in [-0.2, 0) is 9.59 Å². The van der Waals surface area contributed by atoms with Crippen LogP contribution in [0.25, 0.3) is 0 Å². The summed E-state index contributed by atoms with van der Waals surface area (Å²) < 4.78 is 0. The first-order valence-electron chi connectivity index (χ1n) is 9.81. The third kappa shape index (κ3) is 5.33. The molecule has 2 amide bonds. The van der Waals surface area contributed by atoms with Crippen molar-refractivity contribution in [2.24, 2.45) is 0 Å². The Labute approximate surface area is 176 Å². The summed E-state index contributed by atoms with van der Waals surface area (Å²) in [6.45, 7) is 8.09. The molecule has 1 aromatic heterocycles. The number of aromatic nitrogens is 1. The molecule has 0 saturated carbocycles. The average molecular weight is 422 g/mol. The van der Waals surface area contributed by atoms with Crippen LogP contribution in [0, 0.1) is 0 Å². The number of carbonyl (C=O) groups is 2. The first-order chi connectivity index (χ1) is 13.9. The summed E-state index contributed by atoms with van der Waals surface area (Å²) in [6.07, 6.45) is 3.74. The second-order valence-electron chi connectivity index (χ2n) is 7.56. The maximum atomic E-state index is 12.6. The molecule has 1 fully saturated rings. The van der Waals surface area contributed by atoms with Crippen LogP contribution in [0.2, 0.25) is 0 Å². The molecule has 0 bridgehead atoms. The molecule has 2 aliphatic rings. The van der Waals surface area contributed by atoms with Crippen molar-refractivity contribution in [3.63, 3.8) is 0 Å². The summed E-state index contributed by atoms with van der Waals surface area (Å²) in [6, 6.07) is 0. The highest BCUT2D eigenvalue weighted by Gasteiger charge is 2.32. The second kappa shape index (κ2) is 9.66. The molecule has 1 aromatic rings. The molecule has 160 valence electrons. The number of thioether (sulfide) groups is 1. The van der Waals surface area contributed by atoms with E-state index in [0.717, 1.165) is 48.7 Å². The third-order valence-electron chi connectivity index (χ3n) is 5.11. The Morgan fingerprint density at radius 2 is 2.00 bits per heavy atom. The van der Waals surface area contributed by atoms with Gasteiger partial charge in [0.2, 0.25) is 5.91 Å². The van der Waals surface area contributed by atoms with Gasteiger partial charge in [0.15, 0.2) is 0 Å². The molecule has 0 radical (unpaired) electrons. The van der Waals surface area contributed by atoms with E-state index in [9.17, 15) is 9.59 Å². The fourth-order valence-electron chi connectivity index (χ4n) is 3.42. The van der Waals surface area contributed by atoms with Crippen LogP contribution in [0.1, 0.15) is 13.8 Å². The van der Waals surface area contributed by atoms with Gasteiger partial charge in [-0.3, -0.25) is 9.59 Å². The maximum absolute atomic E-state index is 12.6. The molecule has 4 N–H and O–H groups in total. The van der Waals surface area contributed by atoms with Gasteiger partial charge in [-0.2, -0.15) is 0 Å². The van der Waals surface area contributed by atoms with Gasteiger partial charge in [-0.15, -0.1) is 11.8 Å². The van der Waals surface area contributed by atoms with Crippen LogP contribution in [0.4, 0.5) is 11.4 Å². The maximum Gasteiger partial charge on any atom is 0.251 e. The number of rotatable bonds is 8. The lowest BCUT2D eigenvalue weighted by Crippen LogP contribution is -2.50. The van der Waals surface area contributed by atoms with Gasteiger partial charge in [0.1, 0.15) is 5.50 Å². The normalized spacial score (nSPS) is 18.7. The predicted octanol–water partition coefficient (Wildman–Crippen LogP) is 0.624. The summed E-state index contributed by atoms with van der Waals surface area (Å²) >= 11 is 1.41. The monoisotopic (exact) mass is 421 g/mol. The van der Waals surface area contributed by atoms with E-state index in [-0.39, 0.29) is 23.1 Å². The number of hydrazine groups is 1. The van der Waals surface area contributed by atoms with Gasteiger partial charge in [0.25, 0.3) is 5.91 Å². The number of carbonyl (C=O) groups excluding carboxylic acids is 2. The number of anilines is 2. The Hall–Kier alpha value is -2.01. The largest absolute Gasteiger partial charge is 0.366 e. The fraction of sp³-hybridized carbons (Fsp3) is 0.579. The highest BCUT2D eigenvalue weighted by molar-refractivity contribution is 8.00. The number of H-pyrrole nitrogens is 1. The van der Waals surface area contributed by atoms with Crippen LogP contribution in [0.5, 0.6) is 0 Å². The number of aromatic amines is 1. The number of hydrogen-bond acceptors (Lipinski definition) is 7. The fourth-order valence-corrected chi connectivity index (χ4v) is 4.43. The van der Waals surface area contributed by atoms with E-state index in [1.54, 1.807) is 9.91 Å². The molecule has 9 nitrogen and oxygen atoms in total. The Bertz CT molecular complexity index is 770. The molecular weight excluding hydrogens is 390 g/mol. The molecule has 2 aliphatic heterocycles. The highest BCUT2D eigenvalue weighted by Crippen LogP contribution is 2.27. The van der Waals surface area contributed by atoms with Crippen molar-refractivity contribution >= 4 is 35.0 Å². The predicted molar refractivity (Wildman–Crippen MR) is 118 cm³/mol. The zero-order valence-electron chi connectivity index (χ0n) is 17.5. The van der Waals surface area contributed by atoms with Crippen LogP contribution >= 0.6 is 11.8 Å². The van der Waals surface area contributed by atoms with Crippen LogP contribution in [0.3, 0.4) is 0 Å². The Morgan fingerprint density at radius 3 is 2.62 bits per heavy atom. The number of nitrogens with zero attached hydrogens (tertiary/aromatic N) is 3. The molecule has 3 heterocycles. The first kappa shape index (κ1) is 21.7. The van der Waals surface area contributed by atoms with Gasteiger partial charge < -0.3 is 25.4 Å². The Morgan fingerprint density at radius 1 is 1.28 bits per heavy atom. The minimum absolute atomic E-state index is 0.0152. The summed E-state index contributed by atoms with van der Waals surface area (Å²) in [7, 11) is 3.75. The number of nitrogens with one attached hydrogen (secondary N) is 4. The van der Waals surface area contributed by atoms with E-state index < -0.39 is 0 Å². The van der Waals surface area contributed by atoms with Gasteiger partial charge in [-0.05, 0) is 19.4 Å². The highest BCUT2D eigenvalue weighted by atomic mass is 32.2. The molecule has 0 spiro atoms. The quantitative estimate of drug-likeness (QED) is 0.361. The first-order valence-corrected chi connectivity index (χ1v) is 10.9. The van der Waals surface area contributed by atoms with Crippen molar-refractivity contribution < 1.29 is 9.59 Å². The molecule has 1 atom stereocenters. The number of hydrogen-bond donors (Lipinski definition) is 4. The summed E-state index contributed by atoms with van der Waals surface area (Å²) in [5.41, 5.74) is 6.59. The van der Waals surface area contributed by atoms with Crippen LogP contribution < -0.4 is 21.0 Å². The SMILES string of the molecule is CC1=C(C)C(=O)N(C(NN(C)C)SCC(=O)Nc2c[nH]cc2N2CCNCC2)C1. The summed E-state index contributed by atoms with van der Waals surface area (Å²) in [5.74, 6) is 0.158. The molecule has 3 rings (SSSR count).